The van der Waals surface area contributed by atoms with Gasteiger partial charge in [0.2, 0.25) is 0 Å². The van der Waals surface area contributed by atoms with Crippen LogP contribution in [0.3, 0.4) is 0 Å². The predicted molar refractivity (Wildman–Crippen MR) is 86.4 cm³/mol. The summed E-state index contributed by atoms with van der Waals surface area (Å²) in [5.41, 5.74) is 10.9. The molecule has 1 saturated heterocycles. The first-order valence-corrected chi connectivity index (χ1v) is 8.31. The first-order valence-electron chi connectivity index (χ1n) is 8.31. The van der Waals surface area contributed by atoms with Crippen LogP contribution in [0.25, 0.3) is 0 Å². The maximum absolute atomic E-state index is 6.27. The zero-order valence-corrected chi connectivity index (χ0v) is 12.8. The van der Waals surface area contributed by atoms with Gasteiger partial charge in [0.05, 0.1) is 0 Å². The molecule has 2 N–H and O–H groups in total. The molecule has 0 aromatic heterocycles. The predicted octanol–water partition coefficient (Wildman–Crippen LogP) is 3.76. The first kappa shape index (κ1) is 13.9. The van der Waals surface area contributed by atoms with Crippen molar-refractivity contribution in [2.24, 2.45) is 5.73 Å². The van der Waals surface area contributed by atoms with Gasteiger partial charge in [-0.25, -0.2) is 0 Å². The molecule has 0 spiro atoms. The van der Waals surface area contributed by atoms with E-state index in [-0.39, 0.29) is 5.41 Å². The molecular formula is C18H28N2. The van der Waals surface area contributed by atoms with Crippen molar-refractivity contribution >= 4 is 5.69 Å². The second-order valence-corrected chi connectivity index (χ2v) is 6.76. The molecule has 0 bridgehead atoms. The average Bonchev–Trinajstić information content (AvgIpc) is 3.02. The first-order chi connectivity index (χ1) is 9.75. The highest BCUT2D eigenvalue weighted by Crippen LogP contribution is 2.43. The van der Waals surface area contributed by atoms with Gasteiger partial charge in [-0.15, -0.1) is 0 Å². The highest BCUT2D eigenvalue weighted by atomic mass is 15.1. The van der Waals surface area contributed by atoms with E-state index in [1.165, 1.54) is 69.3 Å². The lowest BCUT2D eigenvalue weighted by Crippen LogP contribution is -2.38. The third-order valence-corrected chi connectivity index (χ3v) is 5.37. The number of nitrogens with zero attached hydrogens (tertiary/aromatic N) is 1. The van der Waals surface area contributed by atoms with Crippen LogP contribution in [-0.2, 0) is 5.41 Å². The second kappa shape index (κ2) is 5.77. The van der Waals surface area contributed by atoms with Crippen molar-refractivity contribution in [1.82, 2.24) is 0 Å². The molecule has 110 valence electrons. The fourth-order valence-corrected chi connectivity index (χ4v) is 4.12. The third kappa shape index (κ3) is 2.46. The summed E-state index contributed by atoms with van der Waals surface area (Å²) < 4.78 is 0. The molecule has 2 heteroatoms. The standard InChI is InChI=1S/C18H28N2/c1-15-7-8-17(20-11-5-6-12-20)16(13-15)18(14-19)9-3-2-4-10-18/h7-8,13H,2-6,9-12,14,19H2,1H3. The molecular weight excluding hydrogens is 244 g/mol. The molecule has 3 rings (SSSR count). The number of benzene rings is 1. The Morgan fingerprint density at radius 1 is 1.05 bits per heavy atom. The molecule has 1 aliphatic heterocycles. The van der Waals surface area contributed by atoms with Gasteiger partial charge >= 0.3 is 0 Å². The minimum Gasteiger partial charge on any atom is -0.371 e. The molecule has 2 aliphatic rings. The normalized spacial score (nSPS) is 22.2. The Bertz CT molecular complexity index is 454. The number of hydrogen-bond acceptors (Lipinski definition) is 2. The van der Waals surface area contributed by atoms with Crippen LogP contribution in [0.4, 0.5) is 5.69 Å². The largest absolute Gasteiger partial charge is 0.371 e. The molecule has 1 heterocycles. The van der Waals surface area contributed by atoms with Crippen molar-refractivity contribution in [1.29, 1.82) is 0 Å². The van der Waals surface area contributed by atoms with E-state index in [1.807, 2.05) is 0 Å². The summed E-state index contributed by atoms with van der Waals surface area (Å²) in [6.45, 7) is 5.45. The molecule has 0 unspecified atom stereocenters. The smallest absolute Gasteiger partial charge is 0.0405 e. The van der Waals surface area contributed by atoms with Crippen LogP contribution in [0.15, 0.2) is 18.2 Å². The van der Waals surface area contributed by atoms with Crippen LogP contribution in [-0.4, -0.2) is 19.6 Å². The van der Waals surface area contributed by atoms with Crippen LogP contribution < -0.4 is 10.6 Å². The lowest BCUT2D eigenvalue weighted by Gasteiger charge is -2.40. The Morgan fingerprint density at radius 3 is 2.40 bits per heavy atom. The number of nitrogens with two attached hydrogens (primary N) is 1. The van der Waals surface area contributed by atoms with Gasteiger partial charge in [0, 0.05) is 30.7 Å². The van der Waals surface area contributed by atoms with Crippen LogP contribution in [0.2, 0.25) is 0 Å². The summed E-state index contributed by atoms with van der Waals surface area (Å²) in [5.74, 6) is 0. The molecule has 20 heavy (non-hydrogen) atoms. The van der Waals surface area contributed by atoms with E-state index in [0.717, 1.165) is 6.54 Å². The van der Waals surface area contributed by atoms with Gasteiger partial charge in [-0.1, -0.05) is 37.0 Å². The van der Waals surface area contributed by atoms with Gasteiger partial charge < -0.3 is 10.6 Å². The van der Waals surface area contributed by atoms with E-state index in [0.29, 0.717) is 0 Å². The van der Waals surface area contributed by atoms with Gasteiger partial charge in [0.15, 0.2) is 0 Å². The molecule has 0 amide bonds. The van der Waals surface area contributed by atoms with Crippen LogP contribution in [0.5, 0.6) is 0 Å². The summed E-state index contributed by atoms with van der Waals surface area (Å²) in [4.78, 5) is 2.58. The summed E-state index contributed by atoms with van der Waals surface area (Å²) in [6.07, 6.45) is 9.27. The Labute approximate surface area is 123 Å². The van der Waals surface area contributed by atoms with E-state index in [4.69, 9.17) is 5.73 Å². The van der Waals surface area contributed by atoms with Gasteiger partial charge in [-0.3, -0.25) is 0 Å². The highest BCUT2D eigenvalue weighted by Gasteiger charge is 2.35. The Morgan fingerprint density at radius 2 is 1.75 bits per heavy atom. The summed E-state index contributed by atoms with van der Waals surface area (Å²) in [6, 6.07) is 7.04. The topological polar surface area (TPSA) is 29.3 Å². The molecule has 1 saturated carbocycles. The SMILES string of the molecule is Cc1ccc(N2CCCC2)c(C2(CN)CCCCC2)c1. The molecule has 0 atom stereocenters. The Balaban J connectivity index is 2.03. The third-order valence-electron chi connectivity index (χ3n) is 5.37. The summed E-state index contributed by atoms with van der Waals surface area (Å²) >= 11 is 0. The Kier molecular flexibility index (Phi) is 4.02. The van der Waals surface area contributed by atoms with Crippen LogP contribution in [0, 0.1) is 6.92 Å². The summed E-state index contributed by atoms with van der Waals surface area (Å²) in [5, 5.41) is 0. The minimum absolute atomic E-state index is 0.238. The maximum Gasteiger partial charge on any atom is 0.0405 e. The van der Waals surface area contributed by atoms with E-state index in [9.17, 15) is 0 Å². The van der Waals surface area contributed by atoms with E-state index in [2.05, 4.69) is 30.0 Å². The second-order valence-electron chi connectivity index (χ2n) is 6.76. The number of rotatable bonds is 3. The van der Waals surface area contributed by atoms with Crippen molar-refractivity contribution in [3.05, 3.63) is 29.3 Å². The number of anilines is 1. The zero-order chi connectivity index (χ0) is 14.0. The fraction of sp³-hybridized carbons (Fsp3) is 0.667. The van der Waals surface area contributed by atoms with E-state index < -0.39 is 0 Å². The lowest BCUT2D eigenvalue weighted by atomic mass is 9.68. The van der Waals surface area contributed by atoms with Crippen molar-refractivity contribution < 1.29 is 0 Å². The van der Waals surface area contributed by atoms with Gasteiger partial charge in [-0.05, 0) is 44.2 Å². The molecule has 0 radical (unpaired) electrons. The van der Waals surface area contributed by atoms with Crippen molar-refractivity contribution in [3.63, 3.8) is 0 Å². The van der Waals surface area contributed by atoms with Crippen molar-refractivity contribution in [2.75, 3.05) is 24.5 Å². The van der Waals surface area contributed by atoms with Gasteiger partial charge in [-0.2, -0.15) is 0 Å². The zero-order valence-electron chi connectivity index (χ0n) is 12.8. The number of aryl methyl sites for hydroxylation is 1. The van der Waals surface area contributed by atoms with E-state index in [1.54, 1.807) is 5.56 Å². The molecule has 1 aromatic rings. The molecule has 1 aromatic carbocycles. The fourth-order valence-electron chi connectivity index (χ4n) is 4.12. The van der Waals surface area contributed by atoms with Crippen LogP contribution >= 0.6 is 0 Å². The van der Waals surface area contributed by atoms with Crippen molar-refractivity contribution in [3.8, 4) is 0 Å². The van der Waals surface area contributed by atoms with E-state index >= 15 is 0 Å². The number of hydrogen-bond donors (Lipinski definition) is 1. The lowest BCUT2D eigenvalue weighted by molar-refractivity contribution is 0.301. The molecule has 2 fully saturated rings. The average molecular weight is 272 g/mol. The maximum atomic E-state index is 6.27. The monoisotopic (exact) mass is 272 g/mol. The van der Waals surface area contributed by atoms with Gasteiger partial charge in [0.25, 0.3) is 0 Å². The quantitative estimate of drug-likeness (QED) is 0.908. The highest BCUT2D eigenvalue weighted by molar-refractivity contribution is 5.59. The molecule has 1 aliphatic carbocycles. The molecule has 2 nitrogen and oxygen atoms in total. The van der Waals surface area contributed by atoms with Gasteiger partial charge in [0.1, 0.15) is 0 Å². The van der Waals surface area contributed by atoms with Crippen LogP contribution in [0.1, 0.15) is 56.1 Å². The Hall–Kier alpha value is -1.02. The van der Waals surface area contributed by atoms with Crippen molar-refractivity contribution in [2.45, 2.75) is 57.3 Å². The summed E-state index contributed by atoms with van der Waals surface area (Å²) in [7, 11) is 0. The minimum atomic E-state index is 0.238.